The lowest BCUT2D eigenvalue weighted by molar-refractivity contribution is -0.115. The Labute approximate surface area is 187 Å². The summed E-state index contributed by atoms with van der Waals surface area (Å²) in [6, 6.07) is 9.89. The van der Waals surface area contributed by atoms with Gasteiger partial charge in [-0.15, -0.1) is 0 Å². The first-order chi connectivity index (χ1) is 13.5. The number of alkyl halides is 1. The molecule has 2 aromatic heterocycles. The molecule has 1 aliphatic rings. The standard InChI is InChI=1S/C22H28IN3O2Si/c1-15-8-7-13-25(15)17(3)22(14-24,28-29(4,5)6)21-20(23)19(27)12-11-18-10-9-16(2)26(18)21/h7-13,17,20-21H,1-6H3/t17-,20?,21-,22+/m0/s1. The van der Waals surface area contributed by atoms with Crippen molar-refractivity contribution in [1.29, 1.82) is 5.26 Å². The summed E-state index contributed by atoms with van der Waals surface area (Å²) < 4.78 is 10.5. The molecule has 3 rings (SSSR count). The van der Waals surface area contributed by atoms with Crippen LogP contribution in [0.2, 0.25) is 19.6 Å². The van der Waals surface area contributed by atoms with Gasteiger partial charge in [-0.1, -0.05) is 22.6 Å². The van der Waals surface area contributed by atoms with E-state index in [-0.39, 0.29) is 11.8 Å². The van der Waals surface area contributed by atoms with E-state index in [0.717, 1.165) is 17.1 Å². The second-order valence-electron chi connectivity index (χ2n) is 8.70. The number of rotatable bonds is 5. The van der Waals surface area contributed by atoms with E-state index in [9.17, 15) is 10.1 Å². The summed E-state index contributed by atoms with van der Waals surface area (Å²) in [4.78, 5) is 12.9. The van der Waals surface area contributed by atoms with Crippen LogP contribution in [0.4, 0.5) is 0 Å². The van der Waals surface area contributed by atoms with Crippen LogP contribution in [0.3, 0.4) is 0 Å². The molecule has 5 nitrogen and oxygen atoms in total. The number of allylic oxidation sites excluding steroid dienone is 1. The van der Waals surface area contributed by atoms with Gasteiger partial charge in [-0.3, -0.25) is 4.79 Å². The first kappa shape index (κ1) is 22.1. The van der Waals surface area contributed by atoms with E-state index in [1.54, 1.807) is 6.08 Å². The quantitative estimate of drug-likeness (QED) is 0.308. The summed E-state index contributed by atoms with van der Waals surface area (Å²) in [5.41, 5.74) is 1.79. The van der Waals surface area contributed by atoms with Crippen molar-refractivity contribution in [2.75, 3.05) is 0 Å². The average molecular weight is 521 g/mol. The van der Waals surface area contributed by atoms with Crippen LogP contribution in [0.5, 0.6) is 0 Å². The van der Waals surface area contributed by atoms with Crippen LogP contribution in [0.25, 0.3) is 6.08 Å². The first-order valence-corrected chi connectivity index (χ1v) is 14.5. The Morgan fingerprint density at radius 2 is 1.90 bits per heavy atom. The van der Waals surface area contributed by atoms with Gasteiger partial charge in [0.2, 0.25) is 0 Å². The van der Waals surface area contributed by atoms with E-state index in [1.807, 2.05) is 57.3 Å². The van der Waals surface area contributed by atoms with Crippen molar-refractivity contribution < 1.29 is 9.22 Å². The zero-order valence-corrected chi connectivity index (χ0v) is 21.0. The van der Waals surface area contributed by atoms with E-state index >= 15 is 0 Å². The first-order valence-electron chi connectivity index (χ1n) is 9.80. The molecule has 4 atom stereocenters. The van der Waals surface area contributed by atoms with Gasteiger partial charge in [-0.05, 0) is 76.8 Å². The highest BCUT2D eigenvalue weighted by Crippen LogP contribution is 2.46. The summed E-state index contributed by atoms with van der Waals surface area (Å²) in [6.45, 7) is 12.4. The molecule has 0 amide bonds. The molecule has 1 unspecified atom stereocenters. The van der Waals surface area contributed by atoms with Crippen molar-refractivity contribution >= 4 is 42.8 Å². The summed E-state index contributed by atoms with van der Waals surface area (Å²) in [7, 11) is -2.16. The van der Waals surface area contributed by atoms with Crippen LogP contribution in [0, 0.1) is 25.2 Å². The van der Waals surface area contributed by atoms with E-state index < -0.39 is 23.9 Å². The van der Waals surface area contributed by atoms with Gasteiger partial charge >= 0.3 is 0 Å². The SMILES string of the molecule is Cc1cccn1[C@@H](C)[C@@](C#N)(O[Si](C)(C)C)[C@@H]1C(I)C(=O)C=Cc2ccc(C)n21. The predicted molar refractivity (Wildman–Crippen MR) is 127 cm³/mol. The van der Waals surface area contributed by atoms with Gasteiger partial charge in [-0.2, -0.15) is 5.26 Å². The lowest BCUT2D eigenvalue weighted by Gasteiger charge is -2.46. The van der Waals surface area contributed by atoms with E-state index in [1.165, 1.54) is 0 Å². The zero-order chi connectivity index (χ0) is 21.6. The molecule has 0 saturated heterocycles. The highest BCUT2D eigenvalue weighted by atomic mass is 127. The third-order valence-electron chi connectivity index (χ3n) is 5.52. The summed E-state index contributed by atoms with van der Waals surface area (Å²) in [5.74, 6) is 0.00827. The molecule has 0 N–H and O–H groups in total. The Morgan fingerprint density at radius 3 is 2.45 bits per heavy atom. The molecular formula is C22H28IN3O2Si. The summed E-state index contributed by atoms with van der Waals surface area (Å²) in [5, 5.41) is 10.7. The maximum atomic E-state index is 12.9. The number of ketones is 1. The van der Waals surface area contributed by atoms with Gasteiger partial charge in [-0.25, -0.2) is 0 Å². The Kier molecular flexibility index (Phi) is 6.00. The second-order valence-corrected chi connectivity index (χ2v) is 14.5. The highest BCUT2D eigenvalue weighted by molar-refractivity contribution is 14.1. The monoisotopic (exact) mass is 521 g/mol. The Bertz CT molecular complexity index is 995. The number of hydrogen-bond donors (Lipinski definition) is 0. The molecule has 0 fully saturated rings. The fraction of sp³-hybridized carbons (Fsp3) is 0.455. The Morgan fingerprint density at radius 1 is 1.21 bits per heavy atom. The molecule has 154 valence electrons. The highest BCUT2D eigenvalue weighted by Gasteiger charge is 2.54. The van der Waals surface area contributed by atoms with Gasteiger partial charge in [0.25, 0.3) is 0 Å². The molecule has 0 aliphatic carbocycles. The van der Waals surface area contributed by atoms with Crippen molar-refractivity contribution in [2.24, 2.45) is 0 Å². The molecule has 0 bridgehead atoms. The number of carbonyl (C=O) groups excluding carboxylic acids is 1. The van der Waals surface area contributed by atoms with Crippen molar-refractivity contribution in [2.45, 2.75) is 62.0 Å². The van der Waals surface area contributed by atoms with Crippen molar-refractivity contribution in [1.82, 2.24) is 9.13 Å². The minimum Gasteiger partial charge on any atom is -0.397 e. The predicted octanol–water partition coefficient (Wildman–Crippen LogP) is 5.22. The van der Waals surface area contributed by atoms with Gasteiger partial charge < -0.3 is 13.6 Å². The van der Waals surface area contributed by atoms with Crippen molar-refractivity contribution in [3.63, 3.8) is 0 Å². The molecule has 0 spiro atoms. The summed E-state index contributed by atoms with van der Waals surface area (Å²) in [6.07, 6.45) is 5.47. The van der Waals surface area contributed by atoms with Crippen LogP contribution in [-0.4, -0.2) is 32.8 Å². The third-order valence-corrected chi connectivity index (χ3v) is 7.76. The number of nitriles is 1. The number of carbonyl (C=O) groups is 1. The molecule has 0 aromatic carbocycles. The van der Waals surface area contributed by atoms with Crippen molar-refractivity contribution in [3.05, 3.63) is 53.6 Å². The topological polar surface area (TPSA) is 60.0 Å². The fourth-order valence-corrected chi connectivity index (χ4v) is 6.66. The van der Waals surface area contributed by atoms with Gasteiger partial charge in [0.15, 0.2) is 19.7 Å². The number of fused-ring (bicyclic) bond motifs is 1. The van der Waals surface area contributed by atoms with Gasteiger partial charge in [0.1, 0.15) is 6.07 Å². The molecule has 3 heterocycles. The van der Waals surface area contributed by atoms with Crippen LogP contribution in [-0.2, 0) is 9.22 Å². The minimum atomic E-state index is -2.16. The van der Waals surface area contributed by atoms with E-state index in [2.05, 4.69) is 57.4 Å². The number of aromatic nitrogens is 2. The van der Waals surface area contributed by atoms with Crippen LogP contribution < -0.4 is 0 Å². The lowest BCUT2D eigenvalue weighted by Crippen LogP contribution is -2.56. The molecule has 29 heavy (non-hydrogen) atoms. The second kappa shape index (κ2) is 7.89. The summed E-state index contributed by atoms with van der Waals surface area (Å²) >= 11 is 2.19. The average Bonchev–Trinajstić information content (AvgIpc) is 3.19. The number of hydrogen-bond acceptors (Lipinski definition) is 3. The van der Waals surface area contributed by atoms with E-state index in [4.69, 9.17) is 4.43 Å². The van der Waals surface area contributed by atoms with Crippen LogP contribution in [0.15, 0.2) is 36.5 Å². The molecular weight excluding hydrogens is 493 g/mol. The normalized spacial score (nSPS) is 22.5. The minimum absolute atomic E-state index is 0.00827. The Hall–Kier alpha value is -1.63. The maximum Gasteiger partial charge on any atom is 0.187 e. The van der Waals surface area contributed by atoms with Gasteiger partial charge in [0.05, 0.1) is 16.0 Å². The molecule has 0 radical (unpaired) electrons. The Balaban J connectivity index is 2.31. The zero-order valence-electron chi connectivity index (χ0n) is 17.8. The maximum absolute atomic E-state index is 12.9. The molecule has 7 heteroatoms. The van der Waals surface area contributed by atoms with Gasteiger partial charge in [0, 0.05) is 23.3 Å². The van der Waals surface area contributed by atoms with E-state index in [0.29, 0.717) is 0 Å². The number of aryl methyl sites for hydroxylation is 2. The smallest absolute Gasteiger partial charge is 0.187 e. The number of nitrogens with zero attached hydrogens (tertiary/aromatic N) is 3. The molecule has 1 aliphatic heterocycles. The fourth-order valence-electron chi connectivity index (χ4n) is 4.24. The van der Waals surface area contributed by atoms with Crippen LogP contribution >= 0.6 is 22.6 Å². The largest absolute Gasteiger partial charge is 0.397 e. The van der Waals surface area contributed by atoms with Crippen molar-refractivity contribution in [3.8, 4) is 6.07 Å². The molecule has 2 aromatic rings. The lowest BCUT2D eigenvalue weighted by atomic mass is 9.84. The third kappa shape index (κ3) is 3.90. The number of halogens is 1. The van der Waals surface area contributed by atoms with Crippen LogP contribution in [0.1, 0.15) is 36.1 Å². The molecule has 0 saturated carbocycles.